The van der Waals surface area contributed by atoms with Gasteiger partial charge in [-0.15, -0.1) is 7.05 Å². The zero-order valence-electron chi connectivity index (χ0n) is 4.21. The van der Waals surface area contributed by atoms with Crippen LogP contribution < -0.4 is 0 Å². The van der Waals surface area contributed by atoms with Crippen LogP contribution in [0.25, 0.3) is 5.32 Å². The molecule has 1 radical (unpaired) electrons. The molecule has 0 bridgehead atoms. The summed E-state index contributed by atoms with van der Waals surface area (Å²) in [4.78, 5) is 9.65. The van der Waals surface area contributed by atoms with Crippen molar-refractivity contribution in [2.24, 2.45) is 0 Å². The van der Waals surface area contributed by atoms with Gasteiger partial charge in [-0.3, -0.25) is 0 Å². The van der Waals surface area contributed by atoms with Crippen molar-refractivity contribution in [2.45, 2.75) is 6.92 Å². The summed E-state index contributed by atoms with van der Waals surface area (Å²) in [7, 11) is 1.47. The Bertz CT molecular complexity index is 50.2. The molecule has 0 aliphatic carbocycles. The Kier molecular flexibility index (Phi) is 22.1. The van der Waals surface area contributed by atoms with Crippen molar-refractivity contribution in [3.63, 3.8) is 0 Å². The first-order valence-corrected chi connectivity index (χ1v) is 1.37. The molecule has 0 unspecified atom stereocenters. The van der Waals surface area contributed by atoms with Gasteiger partial charge >= 0.3 is 0 Å². The zero-order valence-corrected chi connectivity index (χ0v) is 8.54. The van der Waals surface area contributed by atoms with Crippen LogP contribution in [0.1, 0.15) is 6.92 Å². The Hall–Kier alpha value is 0.743. The summed E-state index contributed by atoms with van der Waals surface area (Å²) in [6.07, 6.45) is 0. The van der Waals surface area contributed by atoms with E-state index in [0.717, 1.165) is 0 Å². The molecule has 2 nitrogen and oxygen atoms in total. The minimum Gasteiger partial charge on any atom is -0.656 e. The molecule has 0 N–H and O–H groups in total. The fourth-order valence-corrected chi connectivity index (χ4v) is 0. The average molecular weight is 307 g/mol. The van der Waals surface area contributed by atoms with Gasteiger partial charge < -0.3 is 10.1 Å². The first kappa shape index (κ1) is 15.6. The summed E-state index contributed by atoms with van der Waals surface area (Å²) in [5.41, 5.74) is 0. The Morgan fingerprint density at radius 1 is 1.57 bits per heavy atom. The van der Waals surface area contributed by atoms with Gasteiger partial charge in [-0.05, 0) is 6.92 Å². The van der Waals surface area contributed by atoms with Gasteiger partial charge in [-0.2, -0.15) is 0 Å². The summed E-state index contributed by atoms with van der Waals surface area (Å²) >= 11 is 0. The van der Waals surface area contributed by atoms with E-state index in [1.807, 2.05) is 0 Å². The molecule has 0 aromatic heterocycles. The molecule has 0 aliphatic heterocycles. The van der Waals surface area contributed by atoms with E-state index in [2.05, 4.69) is 5.32 Å². The average Bonchev–Trinajstić information content (AvgIpc) is 1.38. The molecule has 0 saturated carbocycles. The van der Waals surface area contributed by atoms with E-state index >= 15 is 0 Å². The second kappa shape index (κ2) is 9.89. The number of carbonyl (C=O) groups is 1. The van der Waals surface area contributed by atoms with Crippen LogP contribution in [0.3, 0.4) is 0 Å². The van der Waals surface area contributed by atoms with Crippen molar-refractivity contribution >= 4 is 5.91 Å². The van der Waals surface area contributed by atoms with Crippen LogP contribution in [0.15, 0.2) is 0 Å². The molecule has 41 valence electrons. The predicted molar refractivity (Wildman–Crippen MR) is 20.0 cm³/mol. The van der Waals surface area contributed by atoms with E-state index in [1.54, 1.807) is 0 Å². The fraction of sp³-hybridized carbons (Fsp3) is 0.667. The standard InChI is InChI=1S/C3H7NO.V.W/c1-3(5)4-2;;/h1-2H3,(H,4,5);;/p-1. The van der Waals surface area contributed by atoms with Gasteiger partial charge in [-0.1, -0.05) is 0 Å². The Morgan fingerprint density at radius 2 is 1.71 bits per heavy atom. The number of hydrogen-bond donors (Lipinski definition) is 0. The van der Waals surface area contributed by atoms with Crippen molar-refractivity contribution < 1.29 is 44.4 Å². The van der Waals surface area contributed by atoms with E-state index in [9.17, 15) is 4.79 Å². The van der Waals surface area contributed by atoms with Crippen molar-refractivity contribution in [3.05, 3.63) is 5.32 Å². The summed E-state index contributed by atoms with van der Waals surface area (Å²) < 4.78 is 0. The molecule has 0 aliphatic rings. The molecule has 0 aromatic rings. The minimum atomic E-state index is -0.120. The predicted octanol–water partition coefficient (Wildman–Crippen LogP) is 0.531. The van der Waals surface area contributed by atoms with E-state index in [0.29, 0.717) is 0 Å². The Balaban J connectivity index is -0.0000000800. The van der Waals surface area contributed by atoms with E-state index in [1.165, 1.54) is 14.0 Å². The maximum atomic E-state index is 9.65. The molecule has 0 heterocycles. The summed E-state index contributed by atoms with van der Waals surface area (Å²) in [6.45, 7) is 1.42. The van der Waals surface area contributed by atoms with Crippen LogP contribution in [-0.2, 0) is 44.4 Å². The van der Waals surface area contributed by atoms with Gasteiger partial charge in [0.1, 0.15) is 0 Å². The quantitative estimate of drug-likeness (QED) is 0.642. The summed E-state index contributed by atoms with van der Waals surface area (Å²) in [6, 6.07) is 0. The molecule has 0 atom stereocenters. The second-order valence-corrected chi connectivity index (χ2v) is 0.743. The molecule has 0 saturated heterocycles. The molecule has 0 aromatic carbocycles. The van der Waals surface area contributed by atoms with Crippen molar-refractivity contribution in [1.82, 2.24) is 0 Å². The SMILES string of the molecule is C[N-]C(C)=O.[V].[W]. The van der Waals surface area contributed by atoms with E-state index < -0.39 is 0 Å². The van der Waals surface area contributed by atoms with Crippen molar-refractivity contribution in [3.8, 4) is 0 Å². The fourth-order valence-electron chi connectivity index (χ4n) is 0. The van der Waals surface area contributed by atoms with Gasteiger partial charge in [0.2, 0.25) is 0 Å². The topological polar surface area (TPSA) is 31.2 Å². The molecular formula is C3H6NOVW-. The first-order chi connectivity index (χ1) is 2.27. The maximum Gasteiger partial charge on any atom is 0.0478 e. The Labute approximate surface area is 69.6 Å². The summed E-state index contributed by atoms with van der Waals surface area (Å²) in [5.74, 6) is -0.120. The van der Waals surface area contributed by atoms with Gasteiger partial charge in [0.15, 0.2) is 0 Å². The molecular weight excluding hydrogens is 301 g/mol. The molecule has 0 rings (SSSR count). The monoisotopic (exact) mass is 307 g/mol. The number of amides is 1. The van der Waals surface area contributed by atoms with Gasteiger partial charge in [0.25, 0.3) is 0 Å². The zero-order chi connectivity index (χ0) is 4.28. The normalized spacial score (nSPS) is 4.86. The second-order valence-electron chi connectivity index (χ2n) is 0.743. The van der Waals surface area contributed by atoms with E-state index in [-0.39, 0.29) is 45.5 Å². The van der Waals surface area contributed by atoms with Crippen molar-refractivity contribution in [1.29, 1.82) is 0 Å². The van der Waals surface area contributed by atoms with Crippen LogP contribution in [-0.4, -0.2) is 13.0 Å². The van der Waals surface area contributed by atoms with Crippen LogP contribution in [0.5, 0.6) is 0 Å². The van der Waals surface area contributed by atoms with E-state index in [4.69, 9.17) is 0 Å². The maximum absolute atomic E-state index is 9.65. The molecule has 7 heavy (non-hydrogen) atoms. The molecule has 4 heteroatoms. The van der Waals surface area contributed by atoms with Crippen LogP contribution >= 0.6 is 0 Å². The first-order valence-electron chi connectivity index (χ1n) is 1.37. The van der Waals surface area contributed by atoms with Gasteiger partial charge in [0, 0.05) is 45.5 Å². The molecule has 1 amide bonds. The molecule has 0 fully saturated rings. The van der Waals surface area contributed by atoms with Crippen LogP contribution in [0.2, 0.25) is 0 Å². The largest absolute Gasteiger partial charge is 0.656 e. The molecule has 0 spiro atoms. The van der Waals surface area contributed by atoms with Crippen LogP contribution in [0, 0.1) is 0 Å². The number of carbonyl (C=O) groups excluding carboxylic acids is 1. The number of nitrogens with zero attached hydrogens (tertiary/aromatic N) is 1. The summed E-state index contributed by atoms with van der Waals surface area (Å²) in [5, 5.41) is 3.25. The van der Waals surface area contributed by atoms with Crippen LogP contribution in [0.4, 0.5) is 0 Å². The number of rotatable bonds is 0. The van der Waals surface area contributed by atoms with Gasteiger partial charge in [0.05, 0.1) is 0 Å². The van der Waals surface area contributed by atoms with Crippen molar-refractivity contribution in [2.75, 3.05) is 7.05 Å². The Morgan fingerprint density at radius 3 is 1.71 bits per heavy atom. The third-order valence-electron chi connectivity index (χ3n) is 0.315. The third-order valence-corrected chi connectivity index (χ3v) is 0.315. The minimum absolute atomic E-state index is 0. The van der Waals surface area contributed by atoms with Gasteiger partial charge in [-0.25, -0.2) is 0 Å². The number of hydrogen-bond acceptors (Lipinski definition) is 1. The smallest absolute Gasteiger partial charge is 0.0478 e. The third kappa shape index (κ3) is 20.2.